The molecule has 0 radical (unpaired) electrons. The van der Waals surface area contributed by atoms with E-state index in [2.05, 4.69) is 23.6 Å². The quantitative estimate of drug-likeness (QED) is 0.340. The highest BCUT2D eigenvalue weighted by Gasteiger charge is 2.27. The van der Waals surface area contributed by atoms with Crippen LogP contribution in [0.25, 0.3) is 0 Å². The first-order valence-corrected chi connectivity index (χ1v) is 13.1. The van der Waals surface area contributed by atoms with Crippen molar-refractivity contribution in [3.8, 4) is 0 Å². The molecule has 0 aliphatic carbocycles. The van der Waals surface area contributed by atoms with Crippen molar-refractivity contribution in [1.29, 1.82) is 0 Å². The van der Waals surface area contributed by atoms with Gasteiger partial charge < -0.3 is 15.4 Å². The molecule has 2 N–H and O–H groups in total. The Morgan fingerprint density at radius 3 is 2.38 bits per heavy atom. The summed E-state index contributed by atoms with van der Waals surface area (Å²) in [7, 11) is 0. The van der Waals surface area contributed by atoms with E-state index in [4.69, 9.17) is 4.74 Å². The number of rotatable bonds is 15. The Hall–Kier alpha value is -2.67. The fourth-order valence-corrected chi connectivity index (χ4v) is 4.42. The van der Waals surface area contributed by atoms with Crippen molar-refractivity contribution >= 4 is 29.1 Å². The Kier molecular flexibility index (Phi) is 12.4. The second-order valence-electron chi connectivity index (χ2n) is 8.99. The van der Waals surface area contributed by atoms with Crippen molar-refractivity contribution < 1.29 is 19.1 Å². The topological polar surface area (TPSA) is 84.5 Å². The molecule has 0 saturated heterocycles. The molecule has 1 aromatic carbocycles. The van der Waals surface area contributed by atoms with Crippen LogP contribution in [-0.4, -0.2) is 29.9 Å². The summed E-state index contributed by atoms with van der Waals surface area (Å²) in [5.74, 6) is -0.104. The molecule has 2 atom stereocenters. The van der Waals surface area contributed by atoms with Crippen LogP contribution in [0.1, 0.15) is 69.7 Å². The monoisotopic (exact) mass is 486 g/mol. The number of Topliss-reactive ketones (excluding diaryl/α,β-unsaturated/α-hetero) is 1. The van der Waals surface area contributed by atoms with Gasteiger partial charge in [0.1, 0.15) is 12.6 Å². The molecule has 0 spiro atoms. The predicted molar refractivity (Wildman–Crippen MR) is 137 cm³/mol. The van der Waals surface area contributed by atoms with E-state index in [0.29, 0.717) is 19.3 Å². The van der Waals surface area contributed by atoms with Gasteiger partial charge in [0.15, 0.2) is 5.78 Å². The first-order valence-electron chi connectivity index (χ1n) is 12.2. The maximum absolute atomic E-state index is 13.1. The number of aryl methyl sites for hydroxylation is 1. The minimum Gasteiger partial charge on any atom is -0.445 e. The summed E-state index contributed by atoms with van der Waals surface area (Å²) in [6.45, 7) is 6.17. The third-order valence-corrected chi connectivity index (χ3v) is 6.44. The van der Waals surface area contributed by atoms with E-state index in [9.17, 15) is 14.4 Å². The third kappa shape index (κ3) is 10.5. The summed E-state index contributed by atoms with van der Waals surface area (Å²) in [5.41, 5.74) is 0.871. The van der Waals surface area contributed by atoms with Gasteiger partial charge in [-0.25, -0.2) is 4.79 Å². The Morgan fingerprint density at radius 2 is 1.74 bits per heavy atom. The molecule has 1 heterocycles. The minimum absolute atomic E-state index is 0.0494. The fraction of sp³-hybridized carbons (Fsp3) is 0.519. The van der Waals surface area contributed by atoms with Gasteiger partial charge in [-0.05, 0) is 48.6 Å². The highest BCUT2D eigenvalue weighted by atomic mass is 32.1. The fourth-order valence-electron chi connectivity index (χ4n) is 3.67. The Bertz CT molecular complexity index is 868. The van der Waals surface area contributed by atoms with Crippen LogP contribution < -0.4 is 10.6 Å². The van der Waals surface area contributed by atoms with E-state index in [1.165, 1.54) is 4.88 Å². The number of benzene rings is 1. The van der Waals surface area contributed by atoms with Crippen LogP contribution in [0.2, 0.25) is 0 Å². The summed E-state index contributed by atoms with van der Waals surface area (Å²) in [6, 6.07) is 12.2. The van der Waals surface area contributed by atoms with Gasteiger partial charge in [-0.1, -0.05) is 70.0 Å². The minimum atomic E-state index is -0.758. The van der Waals surface area contributed by atoms with Crippen LogP contribution >= 0.6 is 11.3 Å². The molecule has 6 nitrogen and oxygen atoms in total. The SMILES string of the molecule is CCCC[C@H](NC(=O)[C@H](CC(C)C)NC(=O)OCc1ccccc1)C(=O)CCCc1cccs1. The molecule has 2 aromatic rings. The highest BCUT2D eigenvalue weighted by molar-refractivity contribution is 7.09. The van der Waals surface area contributed by atoms with Gasteiger partial charge in [0.25, 0.3) is 0 Å². The van der Waals surface area contributed by atoms with Crippen molar-refractivity contribution in [1.82, 2.24) is 10.6 Å². The standard InChI is InChI=1S/C27H38N2O4S/c1-4-5-15-23(25(30)16-9-13-22-14-10-17-34-22)28-26(31)24(18-20(2)3)29-27(32)33-19-21-11-7-6-8-12-21/h6-8,10-12,14,17,20,23-24H,4-5,9,13,15-16,18-19H2,1-3H3,(H,28,31)(H,29,32)/t23-,24-/m0/s1. The van der Waals surface area contributed by atoms with E-state index in [0.717, 1.165) is 31.2 Å². The normalized spacial score (nSPS) is 12.7. The Labute approximate surface area is 207 Å². The Balaban J connectivity index is 1.93. The maximum atomic E-state index is 13.1. The van der Waals surface area contributed by atoms with Crippen molar-refractivity contribution in [3.05, 3.63) is 58.3 Å². The summed E-state index contributed by atoms with van der Waals surface area (Å²) in [6.07, 6.45) is 4.26. The molecule has 34 heavy (non-hydrogen) atoms. The Morgan fingerprint density at radius 1 is 0.971 bits per heavy atom. The second kappa shape index (κ2) is 15.3. The van der Waals surface area contributed by atoms with Crippen LogP contribution in [0.4, 0.5) is 4.79 Å². The predicted octanol–water partition coefficient (Wildman–Crippen LogP) is 5.66. The van der Waals surface area contributed by atoms with Crippen molar-refractivity contribution in [3.63, 3.8) is 0 Å². The smallest absolute Gasteiger partial charge is 0.408 e. The lowest BCUT2D eigenvalue weighted by Gasteiger charge is -2.24. The van der Waals surface area contributed by atoms with Crippen molar-refractivity contribution in [2.45, 2.75) is 84.4 Å². The largest absolute Gasteiger partial charge is 0.445 e. The molecule has 0 unspecified atom stereocenters. The van der Waals surface area contributed by atoms with Gasteiger partial charge in [-0.2, -0.15) is 0 Å². The average Bonchev–Trinajstić information content (AvgIpc) is 3.33. The molecule has 0 bridgehead atoms. The number of hydrogen-bond acceptors (Lipinski definition) is 5. The van der Waals surface area contributed by atoms with Crippen molar-refractivity contribution in [2.75, 3.05) is 0 Å². The molecule has 186 valence electrons. The van der Waals surface area contributed by atoms with Crippen molar-refractivity contribution in [2.24, 2.45) is 5.92 Å². The molecular weight excluding hydrogens is 448 g/mol. The van der Waals surface area contributed by atoms with Gasteiger partial charge in [-0.3, -0.25) is 9.59 Å². The average molecular weight is 487 g/mol. The molecule has 0 saturated carbocycles. The number of ketones is 1. The van der Waals surface area contributed by atoms with Gasteiger partial charge >= 0.3 is 6.09 Å². The van der Waals surface area contributed by atoms with Crippen LogP contribution in [0.5, 0.6) is 0 Å². The van der Waals surface area contributed by atoms with E-state index < -0.39 is 18.2 Å². The highest BCUT2D eigenvalue weighted by Crippen LogP contribution is 2.14. The molecule has 2 rings (SSSR count). The molecule has 0 aliphatic rings. The second-order valence-corrected chi connectivity index (χ2v) is 10.0. The van der Waals surface area contributed by atoms with Gasteiger partial charge in [0.05, 0.1) is 6.04 Å². The third-order valence-electron chi connectivity index (χ3n) is 5.51. The van der Waals surface area contributed by atoms with Gasteiger partial charge in [0.2, 0.25) is 5.91 Å². The number of thiophene rings is 1. The number of amides is 2. The molecular formula is C27H38N2O4S. The molecule has 0 fully saturated rings. The molecule has 2 amide bonds. The number of unbranched alkanes of at least 4 members (excludes halogenated alkanes) is 1. The van der Waals surface area contributed by atoms with Crippen LogP contribution in [0.3, 0.4) is 0 Å². The van der Waals surface area contributed by atoms with E-state index in [1.807, 2.05) is 55.6 Å². The molecule has 7 heteroatoms. The lowest BCUT2D eigenvalue weighted by Crippen LogP contribution is -2.52. The number of nitrogens with one attached hydrogen (secondary N) is 2. The number of hydrogen-bond donors (Lipinski definition) is 2. The first kappa shape index (κ1) is 27.6. The lowest BCUT2D eigenvalue weighted by molar-refractivity contribution is -0.129. The van der Waals surface area contributed by atoms with E-state index >= 15 is 0 Å². The van der Waals surface area contributed by atoms with Gasteiger partial charge in [-0.15, -0.1) is 11.3 Å². The zero-order valence-electron chi connectivity index (χ0n) is 20.5. The zero-order valence-corrected chi connectivity index (χ0v) is 21.4. The maximum Gasteiger partial charge on any atom is 0.408 e. The van der Waals surface area contributed by atoms with Crippen LogP contribution in [-0.2, 0) is 27.4 Å². The summed E-state index contributed by atoms with van der Waals surface area (Å²) in [5, 5.41) is 7.66. The number of alkyl carbamates (subject to hydrolysis) is 1. The summed E-state index contributed by atoms with van der Waals surface area (Å²) < 4.78 is 5.30. The number of ether oxygens (including phenoxy) is 1. The van der Waals surface area contributed by atoms with Gasteiger partial charge in [0, 0.05) is 11.3 Å². The summed E-state index contributed by atoms with van der Waals surface area (Å²) >= 11 is 1.69. The van der Waals surface area contributed by atoms with Crippen LogP contribution in [0, 0.1) is 5.92 Å². The van der Waals surface area contributed by atoms with Crippen LogP contribution in [0.15, 0.2) is 47.8 Å². The molecule has 0 aliphatic heterocycles. The first-order chi connectivity index (χ1) is 16.4. The molecule has 1 aromatic heterocycles. The lowest BCUT2D eigenvalue weighted by atomic mass is 9.99. The summed E-state index contributed by atoms with van der Waals surface area (Å²) in [4.78, 5) is 39.7. The van der Waals surface area contributed by atoms with E-state index in [-0.39, 0.29) is 24.2 Å². The zero-order chi connectivity index (χ0) is 24.8. The number of carbonyl (C=O) groups is 3. The van der Waals surface area contributed by atoms with E-state index in [1.54, 1.807) is 11.3 Å². The number of carbonyl (C=O) groups excluding carboxylic acids is 3.